The van der Waals surface area contributed by atoms with E-state index in [0.717, 1.165) is 25.1 Å². The molecule has 2 unspecified atom stereocenters. The summed E-state index contributed by atoms with van der Waals surface area (Å²) in [6.07, 6.45) is 1.00. The second-order valence-electron chi connectivity index (χ2n) is 5.11. The maximum atomic E-state index is 12.0. The van der Waals surface area contributed by atoms with Crippen LogP contribution in [0.15, 0.2) is 33.6 Å². The maximum absolute atomic E-state index is 12.0. The van der Waals surface area contributed by atoms with Crippen LogP contribution in [-0.4, -0.2) is 37.1 Å². The average molecular weight is 343 g/mol. The molecule has 6 heteroatoms. The normalized spacial score (nSPS) is 28.9. The summed E-state index contributed by atoms with van der Waals surface area (Å²) in [5.74, 6) is 1.09. The smallest absolute Gasteiger partial charge is 0.285 e. The Morgan fingerprint density at radius 1 is 1.37 bits per heavy atom. The molecule has 0 aliphatic carbocycles. The van der Waals surface area contributed by atoms with Gasteiger partial charge in [0.15, 0.2) is 5.84 Å². The summed E-state index contributed by atoms with van der Waals surface area (Å²) in [5, 5.41) is 0. The number of halogens is 1. The quantitative estimate of drug-likeness (QED) is 0.679. The lowest BCUT2D eigenvalue weighted by Crippen LogP contribution is -2.43. The molecule has 2 heterocycles. The Labute approximate surface area is 121 Å². The van der Waals surface area contributed by atoms with E-state index >= 15 is 0 Å². The van der Waals surface area contributed by atoms with Gasteiger partial charge in [0, 0.05) is 23.5 Å². The van der Waals surface area contributed by atoms with Gasteiger partial charge in [0.1, 0.15) is 4.90 Å². The predicted octanol–water partition coefficient (Wildman–Crippen LogP) is 2.24. The molecule has 0 radical (unpaired) electrons. The monoisotopic (exact) mass is 342 g/mol. The molecule has 0 N–H and O–H groups in total. The number of piperidine rings is 1. The number of likely N-dealkylation sites (tertiary alicyclic amines) is 1. The van der Waals surface area contributed by atoms with Gasteiger partial charge in [-0.1, -0.05) is 35.0 Å². The Kier molecular flexibility index (Phi) is 3.17. The molecular weight excluding hydrogens is 328 g/mol. The van der Waals surface area contributed by atoms with E-state index in [4.69, 9.17) is 0 Å². The van der Waals surface area contributed by atoms with Gasteiger partial charge in [-0.05, 0) is 24.5 Å². The molecule has 0 amide bonds. The first kappa shape index (κ1) is 13.1. The Morgan fingerprint density at radius 2 is 2.11 bits per heavy atom. The lowest BCUT2D eigenvalue weighted by atomic mass is 9.99. The van der Waals surface area contributed by atoms with Crippen molar-refractivity contribution >= 4 is 31.8 Å². The van der Waals surface area contributed by atoms with Crippen LogP contribution in [0.4, 0.5) is 0 Å². The van der Waals surface area contributed by atoms with Crippen LogP contribution < -0.4 is 0 Å². The first-order valence-corrected chi connectivity index (χ1v) is 8.68. The molecule has 102 valence electrons. The highest BCUT2D eigenvalue weighted by Crippen LogP contribution is 2.31. The van der Waals surface area contributed by atoms with Crippen LogP contribution in [0.2, 0.25) is 0 Å². The van der Waals surface area contributed by atoms with Crippen molar-refractivity contribution in [2.45, 2.75) is 23.1 Å². The van der Waals surface area contributed by atoms with E-state index in [1.54, 1.807) is 12.1 Å². The number of alkyl halides is 1. The largest absolute Gasteiger partial charge is 0.355 e. The standard InChI is InChI=1S/C13H15BrN2O2S/c1-9-8-16(7-6-11(9)14)13-10-4-2-3-5-12(10)19(17,18)15-13/h2-5,9,11H,6-8H2,1H3. The van der Waals surface area contributed by atoms with E-state index in [1.807, 2.05) is 12.1 Å². The maximum Gasteiger partial charge on any atom is 0.285 e. The molecule has 2 aliphatic rings. The number of sulfonamides is 1. The van der Waals surface area contributed by atoms with Crippen LogP contribution >= 0.6 is 15.9 Å². The summed E-state index contributed by atoms with van der Waals surface area (Å²) in [6, 6.07) is 7.06. The third kappa shape index (κ3) is 2.21. The minimum atomic E-state index is -3.50. The highest BCUT2D eigenvalue weighted by Gasteiger charge is 2.34. The lowest BCUT2D eigenvalue weighted by molar-refractivity contribution is 0.285. The summed E-state index contributed by atoms with van der Waals surface area (Å²) in [4.78, 5) is 2.92. The minimum Gasteiger partial charge on any atom is -0.355 e. The van der Waals surface area contributed by atoms with Gasteiger partial charge >= 0.3 is 0 Å². The van der Waals surface area contributed by atoms with Crippen LogP contribution in [-0.2, 0) is 10.0 Å². The van der Waals surface area contributed by atoms with E-state index in [9.17, 15) is 8.42 Å². The van der Waals surface area contributed by atoms with Gasteiger partial charge in [0.2, 0.25) is 0 Å². The number of hydrogen-bond donors (Lipinski definition) is 0. The van der Waals surface area contributed by atoms with Gasteiger partial charge in [0.25, 0.3) is 10.0 Å². The number of hydrogen-bond acceptors (Lipinski definition) is 3. The minimum absolute atomic E-state index is 0.332. The third-order valence-electron chi connectivity index (χ3n) is 3.71. The van der Waals surface area contributed by atoms with Crippen molar-refractivity contribution in [3.05, 3.63) is 29.8 Å². The van der Waals surface area contributed by atoms with E-state index in [0.29, 0.717) is 21.5 Å². The zero-order chi connectivity index (χ0) is 13.6. The van der Waals surface area contributed by atoms with E-state index < -0.39 is 10.0 Å². The van der Waals surface area contributed by atoms with Gasteiger partial charge in [-0.3, -0.25) is 0 Å². The fourth-order valence-corrected chi connectivity index (χ4v) is 4.23. The molecule has 1 aromatic carbocycles. The number of nitrogens with zero attached hydrogens (tertiary/aromatic N) is 2. The zero-order valence-electron chi connectivity index (χ0n) is 10.6. The molecule has 0 spiro atoms. The van der Waals surface area contributed by atoms with Crippen molar-refractivity contribution in [1.82, 2.24) is 4.90 Å². The zero-order valence-corrected chi connectivity index (χ0v) is 13.0. The van der Waals surface area contributed by atoms with Gasteiger partial charge in [0.05, 0.1) is 0 Å². The Hall–Kier alpha value is -0.880. The molecule has 2 atom stereocenters. The lowest BCUT2D eigenvalue weighted by Gasteiger charge is -2.35. The summed E-state index contributed by atoms with van der Waals surface area (Å²) in [6.45, 7) is 3.84. The van der Waals surface area contributed by atoms with Crippen LogP contribution in [0.25, 0.3) is 0 Å². The van der Waals surface area contributed by atoms with E-state index in [2.05, 4.69) is 32.2 Å². The summed E-state index contributed by atoms with van der Waals surface area (Å²) >= 11 is 3.66. The van der Waals surface area contributed by atoms with Gasteiger partial charge in [-0.25, -0.2) is 0 Å². The van der Waals surface area contributed by atoms with Gasteiger partial charge < -0.3 is 4.90 Å². The Balaban J connectivity index is 1.99. The summed E-state index contributed by atoms with van der Waals surface area (Å²) in [5.41, 5.74) is 0.739. The Morgan fingerprint density at radius 3 is 2.84 bits per heavy atom. The highest BCUT2D eigenvalue weighted by molar-refractivity contribution is 9.09. The number of fused-ring (bicyclic) bond motifs is 1. The van der Waals surface area contributed by atoms with Crippen LogP contribution in [0.1, 0.15) is 18.9 Å². The Bertz CT molecular complexity index is 642. The molecule has 1 saturated heterocycles. The molecule has 3 rings (SSSR count). The first-order chi connectivity index (χ1) is 8.99. The molecule has 2 aliphatic heterocycles. The second-order valence-corrected chi connectivity index (χ2v) is 7.86. The first-order valence-electron chi connectivity index (χ1n) is 6.32. The molecular formula is C13H15BrN2O2S. The summed E-state index contributed by atoms with van der Waals surface area (Å²) < 4.78 is 28.0. The molecule has 1 aromatic rings. The van der Waals surface area contributed by atoms with Crippen molar-refractivity contribution in [2.24, 2.45) is 10.3 Å². The average Bonchev–Trinajstić information content (AvgIpc) is 2.66. The SMILES string of the molecule is CC1CN(C2=NS(=O)(=O)c3ccccc32)CCC1Br. The fraction of sp³-hybridized carbons (Fsp3) is 0.462. The number of amidine groups is 1. The highest BCUT2D eigenvalue weighted by atomic mass is 79.9. The van der Waals surface area contributed by atoms with Crippen LogP contribution in [0, 0.1) is 5.92 Å². The number of rotatable bonds is 0. The molecule has 0 saturated carbocycles. The van der Waals surface area contributed by atoms with E-state index in [-0.39, 0.29) is 0 Å². The van der Waals surface area contributed by atoms with E-state index in [1.165, 1.54) is 0 Å². The van der Waals surface area contributed by atoms with Gasteiger partial charge in [-0.15, -0.1) is 4.40 Å². The second kappa shape index (κ2) is 4.59. The van der Waals surface area contributed by atoms with Crippen molar-refractivity contribution in [3.63, 3.8) is 0 Å². The molecule has 0 bridgehead atoms. The van der Waals surface area contributed by atoms with Gasteiger partial charge in [-0.2, -0.15) is 8.42 Å². The molecule has 19 heavy (non-hydrogen) atoms. The molecule has 4 nitrogen and oxygen atoms in total. The fourth-order valence-electron chi connectivity index (χ4n) is 2.63. The molecule has 1 fully saturated rings. The van der Waals surface area contributed by atoms with Crippen molar-refractivity contribution in [2.75, 3.05) is 13.1 Å². The predicted molar refractivity (Wildman–Crippen MR) is 78.2 cm³/mol. The third-order valence-corrected chi connectivity index (χ3v) is 6.40. The van der Waals surface area contributed by atoms with Crippen molar-refractivity contribution in [1.29, 1.82) is 0 Å². The summed E-state index contributed by atoms with van der Waals surface area (Å²) in [7, 11) is -3.50. The topological polar surface area (TPSA) is 49.7 Å². The van der Waals surface area contributed by atoms with Crippen LogP contribution in [0.3, 0.4) is 0 Å². The van der Waals surface area contributed by atoms with Crippen LogP contribution in [0.5, 0.6) is 0 Å². The number of benzene rings is 1. The van der Waals surface area contributed by atoms with Crippen molar-refractivity contribution in [3.8, 4) is 0 Å². The van der Waals surface area contributed by atoms with Crippen molar-refractivity contribution < 1.29 is 8.42 Å². The molecule has 0 aromatic heterocycles.